The molecule has 0 aliphatic heterocycles. The van der Waals surface area contributed by atoms with E-state index in [4.69, 9.17) is 0 Å². The third kappa shape index (κ3) is 5.12. The molecule has 0 bridgehead atoms. The molecule has 2 nitrogen and oxygen atoms in total. The Balaban J connectivity index is 1.59. The topological polar surface area (TPSA) is 24.1 Å². The zero-order valence-corrected chi connectivity index (χ0v) is 15.0. The van der Waals surface area contributed by atoms with Crippen molar-refractivity contribution in [3.05, 3.63) is 83.9 Å². The number of benzene rings is 3. The van der Waals surface area contributed by atoms with Gasteiger partial charge in [-0.1, -0.05) is 43.2 Å². The first-order valence-corrected chi connectivity index (χ1v) is 9.02. The van der Waals surface area contributed by atoms with Gasteiger partial charge in [-0.25, -0.2) is 0 Å². The van der Waals surface area contributed by atoms with Crippen molar-refractivity contribution in [3.8, 4) is 0 Å². The van der Waals surface area contributed by atoms with Crippen LogP contribution in [-0.4, -0.2) is 0 Å². The molecular weight excluding hydrogens is 304 g/mol. The normalized spacial score (nSPS) is 10.5. The highest BCUT2D eigenvalue weighted by molar-refractivity contribution is 5.66. The van der Waals surface area contributed by atoms with Gasteiger partial charge in [-0.2, -0.15) is 0 Å². The van der Waals surface area contributed by atoms with E-state index in [0.29, 0.717) is 0 Å². The van der Waals surface area contributed by atoms with Gasteiger partial charge in [-0.3, -0.25) is 0 Å². The van der Waals surface area contributed by atoms with E-state index in [0.717, 1.165) is 29.2 Å². The number of hydrogen-bond acceptors (Lipinski definition) is 2. The minimum Gasteiger partial charge on any atom is -0.356 e. The van der Waals surface area contributed by atoms with Crippen molar-refractivity contribution >= 4 is 22.7 Å². The molecule has 128 valence electrons. The first-order chi connectivity index (χ1) is 12.2. The van der Waals surface area contributed by atoms with Gasteiger partial charge in [0.2, 0.25) is 0 Å². The molecule has 0 radical (unpaired) electrons. The highest BCUT2D eigenvalue weighted by Crippen LogP contribution is 2.22. The van der Waals surface area contributed by atoms with E-state index in [-0.39, 0.29) is 0 Å². The predicted octanol–water partition coefficient (Wildman–Crippen LogP) is 6.82. The number of unbranched alkanes of at least 4 members (excludes halogenated alkanes) is 1. The molecule has 0 aromatic heterocycles. The quantitative estimate of drug-likeness (QED) is 0.496. The molecule has 0 amide bonds. The molecule has 0 atom stereocenters. The lowest BCUT2D eigenvalue weighted by atomic mass is 10.1. The summed E-state index contributed by atoms with van der Waals surface area (Å²) in [6.45, 7) is 4.33. The molecular formula is C23H26N2. The molecule has 3 aromatic rings. The molecule has 25 heavy (non-hydrogen) atoms. The maximum absolute atomic E-state index is 3.46. The van der Waals surface area contributed by atoms with E-state index in [1.54, 1.807) is 0 Å². The predicted molar refractivity (Wildman–Crippen MR) is 109 cm³/mol. The summed E-state index contributed by atoms with van der Waals surface area (Å²) in [7, 11) is 0. The van der Waals surface area contributed by atoms with E-state index in [1.807, 2.05) is 0 Å². The van der Waals surface area contributed by atoms with Crippen LogP contribution in [0.15, 0.2) is 72.8 Å². The van der Waals surface area contributed by atoms with Gasteiger partial charge in [-0.15, -0.1) is 0 Å². The lowest BCUT2D eigenvalue weighted by Crippen LogP contribution is -1.93. The molecule has 0 unspecified atom stereocenters. The Morgan fingerprint density at radius 1 is 0.600 bits per heavy atom. The minimum atomic E-state index is 1.09. The Morgan fingerprint density at radius 2 is 1.00 bits per heavy atom. The van der Waals surface area contributed by atoms with Gasteiger partial charge < -0.3 is 10.6 Å². The number of aryl methyl sites for hydroxylation is 2. The second kappa shape index (κ2) is 8.39. The van der Waals surface area contributed by atoms with Gasteiger partial charge >= 0.3 is 0 Å². The maximum atomic E-state index is 3.46. The van der Waals surface area contributed by atoms with Crippen LogP contribution in [0.25, 0.3) is 0 Å². The van der Waals surface area contributed by atoms with Gasteiger partial charge in [0, 0.05) is 22.7 Å². The van der Waals surface area contributed by atoms with Crippen LogP contribution in [0.4, 0.5) is 22.7 Å². The van der Waals surface area contributed by atoms with E-state index in [1.165, 1.54) is 24.0 Å². The zero-order chi connectivity index (χ0) is 17.5. The third-order valence-electron chi connectivity index (χ3n) is 4.29. The van der Waals surface area contributed by atoms with Crippen LogP contribution in [0.3, 0.4) is 0 Å². The monoisotopic (exact) mass is 330 g/mol. The van der Waals surface area contributed by atoms with Crippen LogP contribution >= 0.6 is 0 Å². The van der Waals surface area contributed by atoms with Crippen molar-refractivity contribution < 1.29 is 0 Å². The Bertz CT molecular complexity index is 772. The fraction of sp³-hybridized carbons (Fsp3) is 0.217. The largest absolute Gasteiger partial charge is 0.356 e. The molecule has 2 N–H and O–H groups in total. The Kier molecular flexibility index (Phi) is 5.73. The first-order valence-electron chi connectivity index (χ1n) is 9.02. The van der Waals surface area contributed by atoms with Crippen molar-refractivity contribution in [2.45, 2.75) is 33.1 Å². The smallest absolute Gasteiger partial charge is 0.0385 e. The summed E-state index contributed by atoms with van der Waals surface area (Å²) < 4.78 is 0. The number of hydrogen-bond donors (Lipinski definition) is 2. The molecule has 3 rings (SSSR count). The molecule has 0 saturated heterocycles. The minimum absolute atomic E-state index is 1.09. The van der Waals surface area contributed by atoms with Crippen molar-refractivity contribution in [3.63, 3.8) is 0 Å². The molecule has 0 spiro atoms. The van der Waals surface area contributed by atoms with Crippen LogP contribution in [0.2, 0.25) is 0 Å². The van der Waals surface area contributed by atoms with E-state index >= 15 is 0 Å². The Morgan fingerprint density at radius 3 is 1.44 bits per heavy atom. The number of anilines is 4. The molecule has 0 aliphatic carbocycles. The fourth-order valence-corrected chi connectivity index (χ4v) is 2.74. The summed E-state index contributed by atoms with van der Waals surface area (Å²) in [5.74, 6) is 0. The Labute approximate surface area is 150 Å². The highest BCUT2D eigenvalue weighted by atomic mass is 14.9. The van der Waals surface area contributed by atoms with Gasteiger partial charge in [0.15, 0.2) is 0 Å². The standard InChI is InChI=1S/C23H26N2/c1-3-4-5-19-8-12-21(13-9-19)25-23-16-14-22(15-17-23)24-20-10-6-18(2)7-11-20/h6-17,24-25H,3-5H2,1-2H3. The lowest BCUT2D eigenvalue weighted by molar-refractivity contribution is 0.795. The first kappa shape index (κ1) is 17.1. The maximum Gasteiger partial charge on any atom is 0.0385 e. The highest BCUT2D eigenvalue weighted by Gasteiger charge is 1.98. The molecule has 0 heterocycles. The van der Waals surface area contributed by atoms with Crippen LogP contribution in [0.5, 0.6) is 0 Å². The van der Waals surface area contributed by atoms with E-state index < -0.39 is 0 Å². The van der Waals surface area contributed by atoms with Gasteiger partial charge in [0.05, 0.1) is 0 Å². The van der Waals surface area contributed by atoms with Crippen LogP contribution in [0.1, 0.15) is 30.9 Å². The van der Waals surface area contributed by atoms with Gasteiger partial charge in [0.1, 0.15) is 0 Å². The number of nitrogens with one attached hydrogen (secondary N) is 2. The van der Waals surface area contributed by atoms with Crippen molar-refractivity contribution in [1.29, 1.82) is 0 Å². The molecule has 0 aliphatic rings. The van der Waals surface area contributed by atoms with E-state index in [9.17, 15) is 0 Å². The summed E-state index contributed by atoms with van der Waals surface area (Å²) >= 11 is 0. The van der Waals surface area contributed by atoms with Crippen molar-refractivity contribution in [1.82, 2.24) is 0 Å². The zero-order valence-electron chi connectivity index (χ0n) is 15.0. The van der Waals surface area contributed by atoms with Crippen LogP contribution in [0, 0.1) is 6.92 Å². The average Bonchev–Trinajstić information content (AvgIpc) is 2.65. The Hall–Kier alpha value is -2.74. The average molecular weight is 330 g/mol. The molecule has 0 saturated carbocycles. The van der Waals surface area contributed by atoms with Gasteiger partial charge in [-0.05, 0) is 73.9 Å². The summed E-state index contributed by atoms with van der Waals surface area (Å²) in [5, 5.41) is 6.88. The lowest BCUT2D eigenvalue weighted by Gasteiger charge is -2.10. The molecule has 2 heteroatoms. The number of rotatable bonds is 7. The van der Waals surface area contributed by atoms with Gasteiger partial charge in [0.25, 0.3) is 0 Å². The van der Waals surface area contributed by atoms with E-state index in [2.05, 4.69) is 97.3 Å². The van der Waals surface area contributed by atoms with Crippen molar-refractivity contribution in [2.24, 2.45) is 0 Å². The summed E-state index contributed by atoms with van der Waals surface area (Å²) in [5.41, 5.74) is 7.09. The van der Waals surface area contributed by atoms with Crippen molar-refractivity contribution in [2.75, 3.05) is 10.6 Å². The second-order valence-corrected chi connectivity index (χ2v) is 6.49. The molecule has 3 aromatic carbocycles. The summed E-state index contributed by atoms with van der Waals surface area (Å²) in [4.78, 5) is 0. The summed E-state index contributed by atoms with van der Waals surface area (Å²) in [6.07, 6.45) is 3.65. The SMILES string of the molecule is CCCCc1ccc(Nc2ccc(Nc3ccc(C)cc3)cc2)cc1. The van der Waals surface area contributed by atoms with Crippen LogP contribution < -0.4 is 10.6 Å². The molecule has 0 fully saturated rings. The van der Waals surface area contributed by atoms with Crippen LogP contribution in [-0.2, 0) is 6.42 Å². The fourth-order valence-electron chi connectivity index (χ4n) is 2.74. The third-order valence-corrected chi connectivity index (χ3v) is 4.29. The second-order valence-electron chi connectivity index (χ2n) is 6.49. The summed E-state index contributed by atoms with van der Waals surface area (Å²) in [6, 6.07) is 25.6.